The highest BCUT2D eigenvalue weighted by molar-refractivity contribution is 5.96. The molecule has 21 nitrogen and oxygen atoms in total. The van der Waals surface area contributed by atoms with Gasteiger partial charge in [-0.15, -0.1) is 0 Å². The molecule has 0 bridgehead atoms. The lowest BCUT2D eigenvalue weighted by atomic mass is 10.1. The molecule has 0 aromatic rings. The molecule has 1 heterocycles. The molecule has 52 heavy (non-hydrogen) atoms. The number of nitrogens with one attached hydrogen (secondary N) is 6. The van der Waals surface area contributed by atoms with Gasteiger partial charge in [0.2, 0.25) is 53.2 Å². The first-order valence-corrected chi connectivity index (χ1v) is 17.3. The second kappa shape index (κ2) is 24.3. The molecule has 1 aliphatic rings. The lowest BCUT2D eigenvalue weighted by Gasteiger charge is -2.26. The minimum atomic E-state index is -1.41. The second-order valence-electron chi connectivity index (χ2n) is 12.1. The third-order valence-corrected chi connectivity index (χ3v) is 7.69. The predicted octanol–water partition coefficient (Wildman–Crippen LogP) is -2.58. The molecule has 1 aliphatic heterocycles. The van der Waals surface area contributed by atoms with Gasteiger partial charge in [0.15, 0.2) is 0 Å². The van der Waals surface area contributed by atoms with Crippen molar-refractivity contribution in [3.05, 3.63) is 0 Å². The van der Waals surface area contributed by atoms with Crippen molar-refractivity contribution in [2.45, 2.75) is 103 Å². The number of carbonyl (C=O) groups excluding carboxylic acids is 9. The topological polar surface area (TPSA) is 296 Å². The molecule has 3 atom stereocenters. The molecular weight excluding hydrogens is 690 g/mol. The number of nitrogens with zero attached hydrogens (tertiary/aromatic N) is 3. The van der Waals surface area contributed by atoms with Crippen LogP contribution in [0.1, 0.15) is 85.0 Å². The summed E-state index contributed by atoms with van der Waals surface area (Å²) in [5.74, 6) is -6.73. The highest BCUT2D eigenvalue weighted by Gasteiger charge is 2.30. The number of rotatable bonds is 16. The Kier molecular flexibility index (Phi) is 21.1. The Morgan fingerprint density at radius 1 is 0.558 bits per heavy atom. The Bertz CT molecular complexity index is 1270. The summed E-state index contributed by atoms with van der Waals surface area (Å²) in [5, 5.41) is 45.7. The number of carbonyl (C=O) groups is 9. The van der Waals surface area contributed by atoms with Crippen LogP contribution >= 0.6 is 0 Å². The van der Waals surface area contributed by atoms with Gasteiger partial charge in [-0.2, -0.15) is 0 Å². The normalized spacial score (nSPS) is 19.4. The van der Waals surface area contributed by atoms with E-state index in [1.807, 2.05) is 0 Å². The molecule has 1 fully saturated rings. The summed E-state index contributed by atoms with van der Waals surface area (Å²) in [7, 11) is 0. The van der Waals surface area contributed by atoms with Crippen LogP contribution in [0.5, 0.6) is 0 Å². The molecule has 0 aromatic carbocycles. The largest absolute Gasteiger partial charge is 0.346 e. The lowest BCUT2D eigenvalue weighted by Crippen LogP contribution is -2.58. The van der Waals surface area contributed by atoms with Crippen molar-refractivity contribution in [2.24, 2.45) is 0 Å². The van der Waals surface area contributed by atoms with Crippen molar-refractivity contribution in [1.82, 2.24) is 47.1 Å². The van der Waals surface area contributed by atoms with Gasteiger partial charge in [-0.1, -0.05) is 13.8 Å². The minimum Gasteiger partial charge on any atom is -0.346 e. The summed E-state index contributed by atoms with van der Waals surface area (Å²) < 4.78 is 0. The van der Waals surface area contributed by atoms with Crippen LogP contribution in [-0.2, 0) is 43.2 Å². The molecule has 9 amide bonds. The maximum absolute atomic E-state index is 13.7. The fraction of sp³-hybridized carbons (Fsp3) is 0.710. The summed E-state index contributed by atoms with van der Waals surface area (Å²) in [5.41, 5.74) is 0. The van der Waals surface area contributed by atoms with Crippen LogP contribution in [0.4, 0.5) is 0 Å². The third kappa shape index (κ3) is 17.9. The smallest absolute Gasteiger partial charge is 0.245 e. The van der Waals surface area contributed by atoms with Gasteiger partial charge in [0, 0.05) is 39.4 Å². The number of hydrogen-bond acceptors (Lipinski definition) is 12. The van der Waals surface area contributed by atoms with E-state index in [0.717, 1.165) is 6.92 Å². The van der Waals surface area contributed by atoms with E-state index in [1.54, 1.807) is 13.8 Å². The van der Waals surface area contributed by atoms with Gasteiger partial charge in [-0.05, 0) is 51.4 Å². The second-order valence-corrected chi connectivity index (χ2v) is 12.1. The number of hydroxylamine groups is 6. The minimum absolute atomic E-state index is 0.00753. The molecule has 0 spiro atoms. The van der Waals surface area contributed by atoms with E-state index in [0.29, 0.717) is 28.0 Å². The fourth-order valence-corrected chi connectivity index (χ4v) is 4.80. The van der Waals surface area contributed by atoms with Crippen LogP contribution in [0.2, 0.25) is 0 Å². The van der Waals surface area contributed by atoms with Gasteiger partial charge in [0.1, 0.15) is 18.1 Å². The maximum Gasteiger partial charge on any atom is 0.245 e. The highest BCUT2D eigenvalue weighted by atomic mass is 16.5. The van der Waals surface area contributed by atoms with Gasteiger partial charge in [-0.25, -0.2) is 15.2 Å². The Balaban J connectivity index is 3.39. The van der Waals surface area contributed by atoms with Gasteiger partial charge < -0.3 is 31.9 Å². The van der Waals surface area contributed by atoms with E-state index in [1.165, 1.54) is 0 Å². The summed E-state index contributed by atoms with van der Waals surface area (Å²) in [4.78, 5) is 113. The highest BCUT2D eigenvalue weighted by Crippen LogP contribution is 2.08. The summed E-state index contributed by atoms with van der Waals surface area (Å²) in [6.45, 7) is 2.23. The number of amides is 9. The van der Waals surface area contributed by atoms with Gasteiger partial charge in [0.05, 0.1) is 19.6 Å². The van der Waals surface area contributed by atoms with Crippen LogP contribution in [0.25, 0.3) is 0 Å². The zero-order chi connectivity index (χ0) is 39.2. The molecule has 21 heteroatoms. The van der Waals surface area contributed by atoms with Gasteiger partial charge in [0.25, 0.3) is 0 Å². The molecule has 0 aromatic heterocycles. The van der Waals surface area contributed by atoms with E-state index < -0.39 is 90.9 Å². The zero-order valence-electron chi connectivity index (χ0n) is 29.9. The fourth-order valence-electron chi connectivity index (χ4n) is 4.80. The zero-order valence-corrected chi connectivity index (χ0v) is 29.9. The molecule has 0 saturated carbocycles. The van der Waals surface area contributed by atoms with Crippen molar-refractivity contribution in [2.75, 3.05) is 39.3 Å². The average molecular weight is 744 g/mol. The van der Waals surface area contributed by atoms with E-state index in [9.17, 15) is 58.8 Å². The molecule has 9 N–H and O–H groups in total. The van der Waals surface area contributed by atoms with Crippen LogP contribution in [0, 0.1) is 0 Å². The van der Waals surface area contributed by atoms with Crippen LogP contribution in [0.3, 0.4) is 0 Å². The SMILES string of the molecule is CCCC(=O)N(O)CCCC1NC(=O)C(CCCN(O)C(=O)CCC)NC(=O)C(CCCN(O)C(C)=O)NC(=O)CNC(=O)CNC(=O)CNC1=O. The first-order chi connectivity index (χ1) is 24.6. The van der Waals surface area contributed by atoms with Crippen molar-refractivity contribution in [3.63, 3.8) is 0 Å². The molecule has 294 valence electrons. The first-order valence-electron chi connectivity index (χ1n) is 17.3. The maximum atomic E-state index is 13.7. The standard InChI is InChI=1S/C31H53N9O12/c1-4-9-27(45)39(51)15-7-11-21-29(47)34-18-25(43)32-17-24(42)33-19-26(44)35-22(12-6-14-38(50)20(3)41)30(48)37-23(31(49)36-21)13-8-16-40(52)28(46)10-5-2/h21-23,50-52H,4-19H2,1-3H3,(H,32,43)(H,33,42)(H,34,47)(H,35,44)(H,36,49)(H,37,48). The molecule has 1 rings (SSSR count). The van der Waals surface area contributed by atoms with E-state index in [-0.39, 0.29) is 71.0 Å². The Morgan fingerprint density at radius 3 is 1.35 bits per heavy atom. The van der Waals surface area contributed by atoms with E-state index in [2.05, 4.69) is 31.9 Å². The van der Waals surface area contributed by atoms with Crippen molar-refractivity contribution in [3.8, 4) is 0 Å². The number of hydrogen-bond donors (Lipinski definition) is 9. The summed E-state index contributed by atoms with van der Waals surface area (Å²) in [6, 6.07) is -4.12. The van der Waals surface area contributed by atoms with Crippen LogP contribution in [0.15, 0.2) is 0 Å². The summed E-state index contributed by atoms with van der Waals surface area (Å²) >= 11 is 0. The first kappa shape index (κ1) is 45.1. The Hall–Kier alpha value is -4.89. The molecule has 0 aliphatic carbocycles. The van der Waals surface area contributed by atoms with Gasteiger partial charge >= 0.3 is 0 Å². The Morgan fingerprint density at radius 2 is 0.923 bits per heavy atom. The molecule has 1 saturated heterocycles. The third-order valence-electron chi connectivity index (χ3n) is 7.69. The molecule has 0 radical (unpaired) electrons. The molecule has 3 unspecified atom stereocenters. The Labute approximate surface area is 301 Å². The molecular formula is C31H53N9O12. The van der Waals surface area contributed by atoms with E-state index in [4.69, 9.17) is 0 Å². The lowest BCUT2D eigenvalue weighted by molar-refractivity contribution is -0.166. The van der Waals surface area contributed by atoms with Crippen molar-refractivity contribution in [1.29, 1.82) is 0 Å². The predicted molar refractivity (Wildman–Crippen MR) is 179 cm³/mol. The average Bonchev–Trinajstić information content (AvgIpc) is 3.09. The van der Waals surface area contributed by atoms with Crippen LogP contribution < -0.4 is 31.9 Å². The van der Waals surface area contributed by atoms with Crippen LogP contribution in [-0.4, -0.2) is 141 Å². The summed E-state index contributed by atoms with van der Waals surface area (Å²) in [6.07, 6.45) is 0.661. The van der Waals surface area contributed by atoms with Crippen molar-refractivity contribution >= 4 is 53.2 Å². The van der Waals surface area contributed by atoms with Crippen molar-refractivity contribution < 1.29 is 58.8 Å². The van der Waals surface area contributed by atoms with Gasteiger partial charge in [-0.3, -0.25) is 58.8 Å². The monoisotopic (exact) mass is 743 g/mol. The van der Waals surface area contributed by atoms with E-state index >= 15 is 0 Å². The quantitative estimate of drug-likeness (QED) is 0.0582.